The molecule has 3 amide bonds. The zero-order valence-electron chi connectivity index (χ0n) is 19.5. The maximum atomic E-state index is 13.6. The van der Waals surface area contributed by atoms with E-state index in [4.69, 9.17) is 0 Å². The molecular formula is C27H30FN3O3. The van der Waals surface area contributed by atoms with Crippen LogP contribution >= 0.6 is 0 Å². The van der Waals surface area contributed by atoms with Crippen LogP contribution in [0.5, 0.6) is 0 Å². The number of rotatable bonds is 4. The highest BCUT2D eigenvalue weighted by Crippen LogP contribution is 2.35. The van der Waals surface area contributed by atoms with Gasteiger partial charge in [0.05, 0.1) is 23.4 Å². The Morgan fingerprint density at radius 3 is 2.47 bits per heavy atom. The quantitative estimate of drug-likeness (QED) is 0.637. The molecule has 0 spiro atoms. The molecule has 6 nitrogen and oxygen atoms in total. The first-order valence-corrected chi connectivity index (χ1v) is 12.2. The third kappa shape index (κ3) is 4.08. The van der Waals surface area contributed by atoms with Gasteiger partial charge in [-0.3, -0.25) is 19.3 Å². The van der Waals surface area contributed by atoms with Crippen LogP contribution in [-0.2, 0) is 11.3 Å². The molecule has 3 aliphatic rings. The van der Waals surface area contributed by atoms with Gasteiger partial charge >= 0.3 is 0 Å². The molecule has 0 aromatic heterocycles. The van der Waals surface area contributed by atoms with E-state index < -0.39 is 5.82 Å². The van der Waals surface area contributed by atoms with Crippen molar-refractivity contribution in [2.45, 2.75) is 51.6 Å². The number of likely N-dealkylation sites (tertiary alicyclic amines) is 1. The Kier molecular flexibility index (Phi) is 6.11. The number of hydrogen-bond acceptors (Lipinski definition) is 4. The molecule has 0 aliphatic carbocycles. The maximum absolute atomic E-state index is 13.6. The lowest BCUT2D eigenvalue weighted by Crippen LogP contribution is -2.48. The lowest BCUT2D eigenvalue weighted by Gasteiger charge is -2.39. The first kappa shape index (κ1) is 22.6. The van der Waals surface area contributed by atoms with Crippen molar-refractivity contribution in [2.24, 2.45) is 5.92 Å². The normalized spacial score (nSPS) is 21.2. The standard InChI is InChI=1S/C27H30FN3O3/c1-18-6-2-3-13-30(18)25(32)20-11-14-29(15-12-20)23-10-5-9-22-24(23)27(34)31(26(22)33)17-19-7-4-8-21(28)16-19/h4-5,7-10,16,18,20H,2-3,6,11-15,17H2,1H3. The second-order valence-corrected chi connectivity index (χ2v) is 9.66. The van der Waals surface area contributed by atoms with E-state index in [1.807, 2.05) is 6.07 Å². The molecule has 0 bridgehead atoms. The van der Waals surface area contributed by atoms with E-state index in [1.165, 1.54) is 23.5 Å². The van der Waals surface area contributed by atoms with E-state index >= 15 is 0 Å². The number of imide groups is 1. The fourth-order valence-corrected chi connectivity index (χ4v) is 5.57. The first-order chi connectivity index (χ1) is 16.4. The molecule has 3 aliphatic heterocycles. The zero-order valence-corrected chi connectivity index (χ0v) is 19.5. The van der Waals surface area contributed by atoms with Crippen molar-refractivity contribution in [2.75, 3.05) is 24.5 Å². The van der Waals surface area contributed by atoms with Crippen LogP contribution in [-0.4, -0.2) is 53.2 Å². The van der Waals surface area contributed by atoms with Crippen molar-refractivity contribution in [1.82, 2.24) is 9.80 Å². The Balaban J connectivity index is 1.31. The van der Waals surface area contributed by atoms with Gasteiger partial charge in [-0.1, -0.05) is 18.2 Å². The summed E-state index contributed by atoms with van der Waals surface area (Å²) in [6.07, 6.45) is 4.81. The minimum atomic E-state index is -0.397. The monoisotopic (exact) mass is 463 g/mol. The predicted octanol–water partition coefficient (Wildman–Crippen LogP) is 4.24. The minimum absolute atomic E-state index is 0.00960. The van der Waals surface area contributed by atoms with E-state index in [9.17, 15) is 18.8 Å². The second kappa shape index (κ2) is 9.20. The number of fused-ring (bicyclic) bond motifs is 1. The van der Waals surface area contributed by atoms with Gasteiger partial charge in [0.15, 0.2) is 0 Å². The van der Waals surface area contributed by atoms with Crippen LogP contribution in [0.1, 0.15) is 65.3 Å². The van der Waals surface area contributed by atoms with Gasteiger partial charge in [0.25, 0.3) is 11.8 Å². The molecule has 2 fully saturated rings. The number of amides is 3. The summed E-state index contributed by atoms with van der Waals surface area (Å²) in [5.74, 6) is -0.824. The number of anilines is 1. The van der Waals surface area contributed by atoms with Crippen molar-refractivity contribution in [3.63, 3.8) is 0 Å². The van der Waals surface area contributed by atoms with Gasteiger partial charge in [-0.25, -0.2) is 4.39 Å². The lowest BCUT2D eigenvalue weighted by atomic mass is 9.92. The number of benzene rings is 2. The minimum Gasteiger partial charge on any atom is -0.371 e. The molecule has 7 heteroatoms. The van der Waals surface area contributed by atoms with Crippen LogP contribution < -0.4 is 4.90 Å². The molecule has 3 heterocycles. The average Bonchev–Trinajstić information content (AvgIpc) is 3.09. The van der Waals surface area contributed by atoms with Gasteiger partial charge in [0.2, 0.25) is 5.91 Å². The summed E-state index contributed by atoms with van der Waals surface area (Å²) in [5.41, 5.74) is 2.12. The van der Waals surface area contributed by atoms with Crippen LogP contribution in [0.4, 0.5) is 10.1 Å². The number of nitrogens with zero attached hydrogens (tertiary/aromatic N) is 3. The van der Waals surface area contributed by atoms with Gasteiger partial charge in [0, 0.05) is 31.6 Å². The fourth-order valence-electron chi connectivity index (χ4n) is 5.57. The molecule has 178 valence electrons. The van der Waals surface area contributed by atoms with E-state index in [-0.39, 0.29) is 30.2 Å². The van der Waals surface area contributed by atoms with E-state index in [0.29, 0.717) is 35.8 Å². The van der Waals surface area contributed by atoms with Gasteiger partial charge in [-0.2, -0.15) is 0 Å². The van der Waals surface area contributed by atoms with Crippen molar-refractivity contribution in [3.8, 4) is 0 Å². The Morgan fingerprint density at radius 1 is 0.971 bits per heavy atom. The summed E-state index contributed by atoms with van der Waals surface area (Å²) in [6.45, 7) is 4.36. The Hall–Kier alpha value is -3.22. The molecule has 0 radical (unpaired) electrons. The molecule has 1 unspecified atom stereocenters. The molecule has 2 saturated heterocycles. The molecule has 0 saturated carbocycles. The molecule has 2 aromatic carbocycles. The summed E-state index contributed by atoms with van der Waals surface area (Å²) >= 11 is 0. The molecule has 5 rings (SSSR count). The van der Waals surface area contributed by atoms with E-state index in [2.05, 4.69) is 16.7 Å². The van der Waals surface area contributed by atoms with Crippen LogP contribution in [0.15, 0.2) is 42.5 Å². The van der Waals surface area contributed by atoms with Gasteiger partial charge < -0.3 is 9.80 Å². The molecule has 0 N–H and O–H groups in total. The number of halogens is 1. The summed E-state index contributed by atoms with van der Waals surface area (Å²) in [4.78, 5) is 44.8. The average molecular weight is 464 g/mol. The second-order valence-electron chi connectivity index (χ2n) is 9.66. The Morgan fingerprint density at radius 2 is 1.74 bits per heavy atom. The van der Waals surface area contributed by atoms with Crippen molar-refractivity contribution in [1.29, 1.82) is 0 Å². The van der Waals surface area contributed by atoms with Crippen LogP contribution in [0.25, 0.3) is 0 Å². The maximum Gasteiger partial charge on any atom is 0.263 e. The lowest BCUT2D eigenvalue weighted by molar-refractivity contribution is -0.139. The van der Waals surface area contributed by atoms with Crippen LogP contribution in [0, 0.1) is 11.7 Å². The molecule has 1 atom stereocenters. The van der Waals surface area contributed by atoms with Crippen LogP contribution in [0.2, 0.25) is 0 Å². The number of carbonyl (C=O) groups excluding carboxylic acids is 3. The van der Waals surface area contributed by atoms with Gasteiger partial charge in [0.1, 0.15) is 5.82 Å². The smallest absolute Gasteiger partial charge is 0.263 e. The summed E-state index contributed by atoms with van der Waals surface area (Å²) in [5, 5.41) is 0. The highest BCUT2D eigenvalue weighted by molar-refractivity contribution is 6.23. The zero-order chi connectivity index (χ0) is 23.8. The number of carbonyl (C=O) groups is 3. The van der Waals surface area contributed by atoms with Crippen molar-refractivity contribution < 1.29 is 18.8 Å². The summed E-state index contributed by atoms with van der Waals surface area (Å²) in [6, 6.07) is 11.6. The third-order valence-corrected chi connectivity index (χ3v) is 7.48. The number of piperidine rings is 2. The highest BCUT2D eigenvalue weighted by atomic mass is 19.1. The summed E-state index contributed by atoms with van der Waals surface area (Å²) < 4.78 is 13.6. The third-order valence-electron chi connectivity index (χ3n) is 7.48. The van der Waals surface area contributed by atoms with E-state index in [0.717, 1.165) is 37.9 Å². The SMILES string of the molecule is CC1CCCCN1C(=O)C1CCN(c2cccc3c2C(=O)N(Cc2cccc(F)c2)C3=O)CC1. The largest absolute Gasteiger partial charge is 0.371 e. The topological polar surface area (TPSA) is 60.9 Å². The predicted molar refractivity (Wildman–Crippen MR) is 127 cm³/mol. The van der Waals surface area contributed by atoms with Crippen molar-refractivity contribution >= 4 is 23.4 Å². The Labute approximate surface area is 199 Å². The first-order valence-electron chi connectivity index (χ1n) is 12.2. The van der Waals surface area contributed by atoms with E-state index in [1.54, 1.807) is 24.3 Å². The number of hydrogen-bond donors (Lipinski definition) is 0. The van der Waals surface area contributed by atoms with Gasteiger partial charge in [-0.05, 0) is 68.9 Å². The summed E-state index contributed by atoms with van der Waals surface area (Å²) in [7, 11) is 0. The highest BCUT2D eigenvalue weighted by Gasteiger charge is 2.39. The molecule has 34 heavy (non-hydrogen) atoms. The Bertz CT molecular complexity index is 1130. The van der Waals surface area contributed by atoms with Crippen LogP contribution in [0.3, 0.4) is 0 Å². The molecule has 2 aromatic rings. The van der Waals surface area contributed by atoms with Crippen molar-refractivity contribution in [3.05, 3.63) is 65.0 Å². The fraction of sp³-hybridized carbons (Fsp3) is 0.444. The van der Waals surface area contributed by atoms with Gasteiger partial charge in [-0.15, -0.1) is 0 Å². The molecular weight excluding hydrogens is 433 g/mol.